The van der Waals surface area contributed by atoms with Crippen LogP contribution in [0.1, 0.15) is 172 Å². The predicted octanol–water partition coefficient (Wildman–Crippen LogP) is 21.7. The maximum atomic E-state index is 13.1. The molecule has 26 nitrogen and oxygen atoms in total. The molecule has 0 radical (unpaired) electrons. The summed E-state index contributed by atoms with van der Waals surface area (Å²) in [6.45, 7) is 31.5. The molecular weight excluding hydrogens is 1770 g/mol. The topological polar surface area (TPSA) is 329 Å². The number of hydrogen-bond donors (Lipinski definition) is 0. The van der Waals surface area contributed by atoms with Crippen LogP contribution >= 0.6 is 0 Å². The van der Waals surface area contributed by atoms with Crippen LogP contribution in [0.3, 0.4) is 0 Å². The molecule has 0 N–H and O–H groups in total. The van der Waals surface area contributed by atoms with Gasteiger partial charge >= 0.3 is 53.7 Å². The van der Waals surface area contributed by atoms with E-state index >= 15 is 0 Å². The lowest BCUT2D eigenvalue weighted by Gasteiger charge is -2.11. The second-order valence-corrected chi connectivity index (χ2v) is 29.9. The highest BCUT2D eigenvalue weighted by molar-refractivity contribution is 6.10. The van der Waals surface area contributed by atoms with Gasteiger partial charge in [-0.3, -0.25) is 14.6 Å². The molecule has 0 unspecified atom stereocenters. The molecule has 0 heterocycles. The van der Waals surface area contributed by atoms with Crippen molar-refractivity contribution in [3.63, 3.8) is 0 Å². The zero-order valence-corrected chi connectivity index (χ0v) is 78.0. The van der Waals surface area contributed by atoms with Gasteiger partial charge in [-0.2, -0.15) is 0 Å². The first-order chi connectivity index (χ1) is 67.5. The molecule has 0 aliphatic carbocycles. The first-order valence-corrected chi connectivity index (χ1v) is 45.0. The van der Waals surface area contributed by atoms with Crippen molar-refractivity contribution in [3.05, 3.63) is 381 Å². The van der Waals surface area contributed by atoms with E-state index in [1.54, 1.807) is 213 Å². The molecule has 720 valence electrons. The number of carbonyl (C=O) groups is 11. The zero-order chi connectivity index (χ0) is 100.0. The number of ether oxygens (including phenoxy) is 14. The Kier molecular flexibility index (Phi) is 49.8. The Bertz CT molecular complexity index is 5720. The minimum Gasteiger partial charge on any atom is -0.494 e. The van der Waals surface area contributed by atoms with Crippen LogP contribution in [-0.2, 0) is 52.5 Å². The van der Waals surface area contributed by atoms with E-state index in [1.165, 1.54) is 0 Å². The zero-order valence-electron chi connectivity index (χ0n) is 78.0. The van der Waals surface area contributed by atoms with E-state index < -0.39 is 53.7 Å². The maximum Gasteiger partial charge on any atom is 0.343 e. The van der Waals surface area contributed by atoms with Crippen LogP contribution in [0.5, 0.6) is 57.5 Å². The van der Waals surface area contributed by atoms with Crippen LogP contribution in [-0.4, -0.2) is 131 Å². The average Bonchev–Trinajstić information content (AvgIpc) is 0.827. The van der Waals surface area contributed by atoms with Crippen LogP contribution in [0.2, 0.25) is 0 Å². The summed E-state index contributed by atoms with van der Waals surface area (Å²) in [5, 5.41) is 0. The maximum absolute atomic E-state index is 13.1. The van der Waals surface area contributed by atoms with Crippen LogP contribution in [0.25, 0.3) is 0 Å². The summed E-state index contributed by atoms with van der Waals surface area (Å²) in [5.74, 6) is 6.87. The van der Waals surface area contributed by atoms with Crippen molar-refractivity contribution < 1.29 is 119 Å². The first-order valence-electron chi connectivity index (χ1n) is 45.0. The van der Waals surface area contributed by atoms with Crippen molar-refractivity contribution in [1.82, 2.24) is 0 Å². The molecule has 0 fully saturated rings. The molecular formula is C113H113NO25. The summed E-state index contributed by atoms with van der Waals surface area (Å²) < 4.78 is 74.3. The number of rotatable bonds is 52. The van der Waals surface area contributed by atoms with Gasteiger partial charge in [-0.15, -0.1) is 0 Å². The molecule has 0 aliphatic heterocycles. The number of carbonyl (C=O) groups excluding carboxylic acids is 11. The molecule has 10 aromatic rings. The van der Waals surface area contributed by atoms with E-state index in [9.17, 15) is 52.7 Å². The van der Waals surface area contributed by atoms with Crippen LogP contribution < -0.4 is 47.4 Å². The van der Waals surface area contributed by atoms with Crippen molar-refractivity contribution in [3.8, 4) is 69.3 Å². The van der Waals surface area contributed by atoms with Crippen LogP contribution in [0.15, 0.2) is 330 Å². The largest absolute Gasteiger partial charge is 0.494 e. The fourth-order valence-electron chi connectivity index (χ4n) is 11.8. The lowest BCUT2D eigenvalue weighted by molar-refractivity contribution is -0.138. The lowest BCUT2D eigenvalue weighted by atomic mass is 10.0. The molecule has 0 saturated heterocycles. The van der Waals surface area contributed by atoms with Gasteiger partial charge in [0.2, 0.25) is 0 Å². The quantitative estimate of drug-likeness (QED) is 0.00499. The van der Waals surface area contributed by atoms with Gasteiger partial charge in [0.15, 0.2) is 11.6 Å². The smallest absolute Gasteiger partial charge is 0.343 e. The van der Waals surface area contributed by atoms with Gasteiger partial charge < -0.3 is 66.3 Å². The third kappa shape index (κ3) is 43.4. The number of nitrogens with zero attached hydrogens (tertiary/aromatic N) is 1. The van der Waals surface area contributed by atoms with E-state index in [2.05, 4.69) is 69.8 Å². The predicted molar refractivity (Wildman–Crippen MR) is 529 cm³/mol. The number of benzene rings is 10. The fourth-order valence-corrected chi connectivity index (χ4v) is 11.8. The van der Waals surface area contributed by atoms with Crippen molar-refractivity contribution in [2.45, 2.75) is 104 Å². The van der Waals surface area contributed by atoms with E-state index in [0.29, 0.717) is 169 Å². The SMILES string of the molecule is C=CC(=O)OCCCCCCOc1ccc(C(=O)Oc2ccc(C(=O)c3ccc(OCCCCCCOC(=O)C=C)cc3)cc2C)cc1.C=CC(=O)OCCCCOc1ccc(C(=O)Oc2ccc(C(=O)c3ccc(OCCCCOC(=O)C=C)cc3)cc2)cc1.C=CC(=O)Oc1ccc(C#Cc2ccc(OC(=O)C=C)cc2)cc1.C=CC(=O)Oc1ccc(C=Nc2ccc(OCCCC)cc2)cc1. The highest BCUT2D eigenvalue weighted by Gasteiger charge is 2.18. The highest BCUT2D eigenvalue weighted by atomic mass is 16.6. The average molecular weight is 1890 g/mol. The Labute approximate surface area is 810 Å². The number of aliphatic imine (C=N–C) groups is 1. The lowest BCUT2D eigenvalue weighted by Crippen LogP contribution is -2.10. The van der Waals surface area contributed by atoms with Gasteiger partial charge in [-0.25, -0.2) is 43.2 Å². The number of esters is 9. The molecule has 0 bridgehead atoms. The number of ketones is 2. The summed E-state index contributed by atoms with van der Waals surface area (Å²) in [6.07, 6.45) is 21.7. The Morgan fingerprint density at radius 1 is 0.266 bits per heavy atom. The number of unbranched alkanes of at least 4 members (excludes halogenated alkanes) is 9. The van der Waals surface area contributed by atoms with Gasteiger partial charge in [-0.1, -0.05) is 71.2 Å². The molecule has 139 heavy (non-hydrogen) atoms. The van der Waals surface area contributed by atoms with Crippen molar-refractivity contribution in [2.24, 2.45) is 4.99 Å². The summed E-state index contributed by atoms with van der Waals surface area (Å²) in [6, 6.07) is 66.8. The van der Waals surface area contributed by atoms with E-state index in [4.69, 9.17) is 66.3 Å². The third-order valence-electron chi connectivity index (χ3n) is 19.3. The molecule has 10 aromatic carbocycles. The van der Waals surface area contributed by atoms with Crippen molar-refractivity contribution in [2.75, 3.05) is 59.5 Å². The second kappa shape index (κ2) is 63.4. The van der Waals surface area contributed by atoms with Gasteiger partial charge in [0.05, 0.1) is 76.3 Å². The van der Waals surface area contributed by atoms with Gasteiger partial charge in [0, 0.05) is 82.1 Å². The van der Waals surface area contributed by atoms with Gasteiger partial charge in [-0.05, 0) is 338 Å². The van der Waals surface area contributed by atoms with Gasteiger partial charge in [0.25, 0.3) is 0 Å². The Balaban J connectivity index is 0.000000263. The molecule has 0 amide bonds. The van der Waals surface area contributed by atoms with E-state index in [1.807, 2.05) is 36.4 Å². The van der Waals surface area contributed by atoms with Gasteiger partial charge in [0.1, 0.15) is 57.5 Å². The minimum atomic E-state index is -0.539. The second-order valence-electron chi connectivity index (χ2n) is 29.9. The number of aryl methyl sites for hydroxylation is 1. The fraction of sp³-hybridized carbons (Fsp3) is 0.221. The molecule has 26 heteroatoms. The van der Waals surface area contributed by atoms with E-state index in [0.717, 1.165) is 141 Å². The molecule has 0 spiro atoms. The van der Waals surface area contributed by atoms with E-state index in [-0.39, 0.29) is 11.6 Å². The molecule has 0 aromatic heterocycles. The standard InChI is InChI=1S/C39H44O9.C34H34O9.C20H21NO3.C20H14O4/c1-4-36(40)46-26-12-8-6-10-24-44-33-19-14-30(15-20-33)38(42)32-18-23-35(29(3)28-32)48-39(43)31-16-21-34(22-17-31)45-25-11-7-9-13-27-47-37(41)5-2;1-3-31(35)41-23-7-5-21-39-28-15-9-25(10-16-28)33(37)26-11-19-30(20-12-26)43-34(38)27-13-17-29(18-14-27)40-22-6-8-24-42-32(36)4-2;1-3-5-14-23-18-12-8-17(9-13-18)21-15-16-6-10-19(11-7-16)24-20(22)4-2;1-3-19(21)23-17-11-7-15(8-12-17)5-6-16-9-13-18(14-10-16)24-20(22)4-2/h4-5,14-23,28H,1-2,6-13,24-27H2,3H3;3-4,9-20H,1-2,5-8,21-24H2;4,6-13,15H,2-3,5,14H2,1H3;3-4,7-14H,1-2H2. The molecule has 0 saturated carbocycles. The number of hydrogen-bond acceptors (Lipinski definition) is 26. The van der Waals surface area contributed by atoms with Crippen LogP contribution in [0.4, 0.5) is 5.69 Å². The molecule has 0 atom stereocenters. The normalized spacial score (nSPS) is 10.2. The Morgan fingerprint density at radius 2 is 0.525 bits per heavy atom. The monoisotopic (exact) mass is 1880 g/mol. The summed E-state index contributed by atoms with van der Waals surface area (Å²) in [4.78, 5) is 133. The summed E-state index contributed by atoms with van der Waals surface area (Å²) in [5.41, 5.74) is 6.64. The first kappa shape index (κ1) is 109. The Morgan fingerprint density at radius 3 is 0.856 bits per heavy atom. The Hall–Kier alpha value is -16.8. The van der Waals surface area contributed by atoms with Crippen molar-refractivity contribution >= 4 is 77.2 Å². The van der Waals surface area contributed by atoms with Crippen molar-refractivity contribution in [1.29, 1.82) is 0 Å². The van der Waals surface area contributed by atoms with Crippen LogP contribution in [0, 0.1) is 18.8 Å². The molecule has 10 rings (SSSR count). The molecule has 0 aliphatic rings. The summed E-state index contributed by atoms with van der Waals surface area (Å²) in [7, 11) is 0. The third-order valence-corrected chi connectivity index (χ3v) is 19.3. The minimum absolute atomic E-state index is 0.149. The highest BCUT2D eigenvalue weighted by Crippen LogP contribution is 2.28. The summed E-state index contributed by atoms with van der Waals surface area (Å²) >= 11 is 0.